The lowest BCUT2D eigenvalue weighted by Crippen LogP contribution is -1.86. The van der Waals surface area contributed by atoms with Gasteiger partial charge in [0.15, 0.2) is 0 Å². The van der Waals surface area contributed by atoms with Crippen molar-refractivity contribution in [1.82, 2.24) is 0 Å². The molecular weight excluding hydrogens is 214 g/mol. The average Bonchev–Trinajstić information content (AvgIpc) is 2.15. The monoisotopic (exact) mass is 222 g/mol. The van der Waals surface area contributed by atoms with E-state index in [9.17, 15) is 19.0 Å². The molecule has 0 aliphatic rings. The fraction of sp³-hybridized carbons (Fsp3) is 0. The topological polar surface area (TPSA) is 40.5 Å². The summed E-state index contributed by atoms with van der Waals surface area (Å²) >= 11 is 0. The van der Waals surface area contributed by atoms with Gasteiger partial charge in [-0.1, -0.05) is 0 Å². The molecule has 0 aliphatic carbocycles. The normalized spacial score (nSPS) is 10.4. The number of phenolic OH excluding ortho intramolecular Hbond substituents is 2. The van der Waals surface area contributed by atoms with Crippen molar-refractivity contribution in [2.45, 2.75) is 0 Å². The predicted molar refractivity (Wildman–Crippen MR) is 55.1 cm³/mol. The van der Waals surface area contributed by atoms with Crippen LogP contribution in [0.2, 0.25) is 0 Å². The van der Waals surface area contributed by atoms with Crippen LogP contribution >= 0.6 is 0 Å². The number of hydrogen-bond donors (Lipinski definition) is 2. The number of aromatic hydroxyl groups is 2. The SMILES string of the molecule is Oc1cc(O)cc(-c2ccc(F)cc2F)c1. The molecule has 4 heteroatoms. The van der Waals surface area contributed by atoms with Gasteiger partial charge in [-0.25, -0.2) is 8.78 Å². The van der Waals surface area contributed by atoms with Crippen molar-refractivity contribution >= 4 is 0 Å². The van der Waals surface area contributed by atoms with E-state index in [4.69, 9.17) is 0 Å². The number of halogens is 2. The Balaban J connectivity index is 2.58. The van der Waals surface area contributed by atoms with Gasteiger partial charge in [-0.05, 0) is 29.8 Å². The van der Waals surface area contributed by atoms with Crippen molar-refractivity contribution in [3.63, 3.8) is 0 Å². The van der Waals surface area contributed by atoms with E-state index in [-0.39, 0.29) is 22.6 Å². The van der Waals surface area contributed by atoms with Crippen LogP contribution in [0.5, 0.6) is 11.5 Å². The molecule has 2 aromatic carbocycles. The smallest absolute Gasteiger partial charge is 0.133 e. The Bertz CT molecular complexity index is 518. The second-order valence-corrected chi connectivity index (χ2v) is 3.36. The molecular formula is C12H8F2O2. The fourth-order valence-corrected chi connectivity index (χ4v) is 1.47. The molecule has 0 radical (unpaired) electrons. The lowest BCUT2D eigenvalue weighted by Gasteiger charge is -2.05. The lowest BCUT2D eigenvalue weighted by molar-refractivity contribution is 0.451. The summed E-state index contributed by atoms with van der Waals surface area (Å²) in [5, 5.41) is 18.5. The zero-order valence-electron chi connectivity index (χ0n) is 8.11. The van der Waals surface area contributed by atoms with Gasteiger partial charge in [0.05, 0.1) is 0 Å². The first-order valence-electron chi connectivity index (χ1n) is 4.55. The van der Waals surface area contributed by atoms with E-state index in [1.807, 2.05) is 0 Å². The van der Waals surface area contributed by atoms with Gasteiger partial charge in [-0.3, -0.25) is 0 Å². The average molecular weight is 222 g/mol. The highest BCUT2D eigenvalue weighted by atomic mass is 19.1. The van der Waals surface area contributed by atoms with Crippen molar-refractivity contribution in [1.29, 1.82) is 0 Å². The molecule has 2 nitrogen and oxygen atoms in total. The van der Waals surface area contributed by atoms with E-state index in [0.717, 1.165) is 18.2 Å². The summed E-state index contributed by atoms with van der Waals surface area (Å²) in [6, 6.07) is 6.81. The highest BCUT2D eigenvalue weighted by Crippen LogP contribution is 2.30. The van der Waals surface area contributed by atoms with Gasteiger partial charge in [0.25, 0.3) is 0 Å². The minimum atomic E-state index is -0.745. The Morgan fingerprint density at radius 2 is 1.44 bits per heavy atom. The molecule has 0 spiro atoms. The second kappa shape index (κ2) is 3.81. The Hall–Kier alpha value is -2.10. The molecule has 0 atom stereocenters. The summed E-state index contributed by atoms with van der Waals surface area (Å²) in [6.45, 7) is 0. The van der Waals surface area contributed by atoms with Crippen LogP contribution in [0, 0.1) is 11.6 Å². The molecule has 0 bridgehead atoms. The van der Waals surface area contributed by atoms with E-state index in [0.29, 0.717) is 0 Å². The summed E-state index contributed by atoms with van der Waals surface area (Å²) < 4.78 is 26.1. The van der Waals surface area contributed by atoms with Crippen LogP contribution in [0.3, 0.4) is 0 Å². The van der Waals surface area contributed by atoms with Crippen molar-refractivity contribution in [2.75, 3.05) is 0 Å². The van der Waals surface area contributed by atoms with E-state index in [2.05, 4.69) is 0 Å². The number of hydrogen-bond acceptors (Lipinski definition) is 2. The molecule has 0 aromatic heterocycles. The van der Waals surface area contributed by atoms with Crippen LogP contribution in [0.1, 0.15) is 0 Å². The molecule has 0 unspecified atom stereocenters. The van der Waals surface area contributed by atoms with Crippen LogP contribution in [-0.4, -0.2) is 10.2 Å². The molecule has 2 rings (SSSR count). The van der Waals surface area contributed by atoms with Gasteiger partial charge < -0.3 is 10.2 Å². The van der Waals surface area contributed by atoms with Crippen LogP contribution in [0.15, 0.2) is 36.4 Å². The third-order valence-electron chi connectivity index (χ3n) is 2.14. The molecule has 0 saturated heterocycles. The van der Waals surface area contributed by atoms with Crippen molar-refractivity contribution in [2.24, 2.45) is 0 Å². The van der Waals surface area contributed by atoms with E-state index in [1.54, 1.807) is 0 Å². The summed E-state index contributed by atoms with van der Waals surface area (Å²) in [5.74, 6) is -1.78. The Labute approximate surface area is 90.4 Å². The molecule has 82 valence electrons. The van der Waals surface area contributed by atoms with Gasteiger partial charge in [-0.15, -0.1) is 0 Å². The van der Waals surface area contributed by atoms with Crippen LogP contribution in [-0.2, 0) is 0 Å². The highest BCUT2D eigenvalue weighted by molar-refractivity contribution is 5.67. The first-order valence-corrected chi connectivity index (χ1v) is 4.55. The molecule has 0 fully saturated rings. The minimum absolute atomic E-state index is 0.118. The quantitative estimate of drug-likeness (QED) is 0.778. The van der Waals surface area contributed by atoms with E-state index >= 15 is 0 Å². The first kappa shape index (κ1) is 10.4. The van der Waals surface area contributed by atoms with Gasteiger partial charge >= 0.3 is 0 Å². The summed E-state index contributed by atoms with van der Waals surface area (Å²) in [7, 11) is 0. The Kier molecular flexibility index (Phi) is 2.48. The molecule has 2 aromatic rings. The second-order valence-electron chi connectivity index (χ2n) is 3.36. The van der Waals surface area contributed by atoms with Crippen molar-refractivity contribution in [3.8, 4) is 22.6 Å². The summed E-state index contributed by atoms with van der Waals surface area (Å²) in [4.78, 5) is 0. The van der Waals surface area contributed by atoms with Crippen LogP contribution in [0.4, 0.5) is 8.78 Å². The zero-order valence-corrected chi connectivity index (χ0v) is 8.11. The molecule has 16 heavy (non-hydrogen) atoms. The minimum Gasteiger partial charge on any atom is -0.508 e. The van der Waals surface area contributed by atoms with Crippen molar-refractivity contribution in [3.05, 3.63) is 48.0 Å². The van der Waals surface area contributed by atoms with Gasteiger partial charge in [0.1, 0.15) is 23.1 Å². The fourth-order valence-electron chi connectivity index (χ4n) is 1.47. The summed E-state index contributed by atoms with van der Waals surface area (Å²) in [6.07, 6.45) is 0. The predicted octanol–water partition coefficient (Wildman–Crippen LogP) is 3.04. The van der Waals surface area contributed by atoms with Gasteiger partial charge in [0, 0.05) is 17.7 Å². The third-order valence-corrected chi connectivity index (χ3v) is 2.14. The Morgan fingerprint density at radius 3 is 2.00 bits per heavy atom. The first-order chi connectivity index (χ1) is 7.56. The summed E-state index contributed by atoms with van der Waals surface area (Å²) in [5.41, 5.74) is 0.405. The van der Waals surface area contributed by atoms with Crippen LogP contribution < -0.4 is 0 Å². The standard InChI is InChI=1S/C12H8F2O2/c13-8-1-2-11(12(14)5-8)7-3-9(15)6-10(16)4-7/h1-6,15-16H. The molecule has 0 aliphatic heterocycles. The highest BCUT2D eigenvalue weighted by Gasteiger charge is 2.08. The number of rotatable bonds is 1. The van der Waals surface area contributed by atoms with Crippen molar-refractivity contribution < 1.29 is 19.0 Å². The maximum Gasteiger partial charge on any atom is 0.133 e. The van der Waals surface area contributed by atoms with Gasteiger partial charge in [0.2, 0.25) is 0 Å². The zero-order chi connectivity index (χ0) is 11.7. The molecule has 0 amide bonds. The molecule has 2 N–H and O–H groups in total. The number of phenols is 2. The lowest BCUT2D eigenvalue weighted by atomic mass is 10.0. The maximum atomic E-state index is 13.4. The Morgan fingerprint density at radius 1 is 0.812 bits per heavy atom. The molecule has 0 saturated carbocycles. The van der Waals surface area contributed by atoms with E-state index in [1.165, 1.54) is 18.2 Å². The largest absolute Gasteiger partial charge is 0.508 e. The number of benzene rings is 2. The molecule has 0 heterocycles. The maximum absolute atomic E-state index is 13.4. The third kappa shape index (κ3) is 1.95. The van der Waals surface area contributed by atoms with Gasteiger partial charge in [-0.2, -0.15) is 0 Å². The van der Waals surface area contributed by atoms with E-state index < -0.39 is 11.6 Å². The van der Waals surface area contributed by atoms with Crippen LogP contribution in [0.25, 0.3) is 11.1 Å².